The third kappa shape index (κ3) is 2.58. The molecule has 0 amide bonds. The topological polar surface area (TPSA) is 44.3 Å². The van der Waals surface area contributed by atoms with E-state index in [0.29, 0.717) is 12.0 Å². The largest absolute Gasteiger partial charge is 0.394 e. The molecule has 1 aliphatic carbocycles. The van der Waals surface area contributed by atoms with Crippen LogP contribution in [-0.4, -0.2) is 36.4 Å². The van der Waals surface area contributed by atoms with Gasteiger partial charge in [0.05, 0.1) is 6.61 Å². The highest BCUT2D eigenvalue weighted by atomic mass is 16.3. The van der Waals surface area contributed by atoms with Gasteiger partial charge in [-0.15, -0.1) is 0 Å². The van der Waals surface area contributed by atoms with E-state index in [9.17, 15) is 5.11 Å². The van der Waals surface area contributed by atoms with Gasteiger partial charge in [-0.3, -0.25) is 0 Å². The first kappa shape index (κ1) is 12.3. The van der Waals surface area contributed by atoms with Gasteiger partial charge in [0.1, 0.15) is 0 Å². The van der Waals surface area contributed by atoms with Gasteiger partial charge in [-0.25, -0.2) is 0 Å². The highest BCUT2D eigenvalue weighted by molar-refractivity contribution is 4.98. The van der Waals surface area contributed by atoms with Crippen molar-refractivity contribution in [2.45, 2.75) is 57.0 Å². The number of rotatable bonds is 3. The molecule has 3 N–H and O–H groups in total. The second kappa shape index (κ2) is 5.48. The molecule has 1 saturated carbocycles. The predicted molar refractivity (Wildman–Crippen MR) is 66.5 cm³/mol. The second-order valence-electron chi connectivity index (χ2n) is 5.65. The van der Waals surface area contributed by atoms with Crippen LogP contribution in [0.15, 0.2) is 0 Å². The molecule has 3 nitrogen and oxygen atoms in total. The molecule has 16 heavy (non-hydrogen) atoms. The molecule has 0 aromatic heterocycles. The van der Waals surface area contributed by atoms with Crippen molar-refractivity contribution < 1.29 is 5.11 Å². The number of hydrogen-bond acceptors (Lipinski definition) is 3. The van der Waals surface area contributed by atoms with Gasteiger partial charge in [0.2, 0.25) is 0 Å². The molecule has 0 aromatic carbocycles. The zero-order valence-corrected chi connectivity index (χ0v) is 10.5. The van der Waals surface area contributed by atoms with Gasteiger partial charge in [0, 0.05) is 11.6 Å². The summed E-state index contributed by atoms with van der Waals surface area (Å²) in [6, 6.07) is 0.640. The summed E-state index contributed by atoms with van der Waals surface area (Å²) in [5.74, 6) is 0.521. The molecule has 2 unspecified atom stereocenters. The van der Waals surface area contributed by atoms with Gasteiger partial charge in [-0.1, -0.05) is 26.2 Å². The molecule has 2 fully saturated rings. The zero-order valence-electron chi connectivity index (χ0n) is 10.5. The minimum absolute atomic E-state index is 0.0206. The Bertz CT molecular complexity index is 216. The van der Waals surface area contributed by atoms with Crippen LogP contribution in [0.4, 0.5) is 0 Å². The van der Waals surface area contributed by atoms with Crippen molar-refractivity contribution in [3.63, 3.8) is 0 Å². The number of piperidine rings is 1. The van der Waals surface area contributed by atoms with E-state index in [1.54, 1.807) is 0 Å². The van der Waals surface area contributed by atoms with Crippen molar-refractivity contribution in [3.05, 3.63) is 0 Å². The highest BCUT2D eigenvalue weighted by Crippen LogP contribution is 2.27. The summed E-state index contributed by atoms with van der Waals surface area (Å²) < 4.78 is 0. The third-order valence-electron chi connectivity index (χ3n) is 4.52. The molecule has 2 rings (SSSR count). The molecule has 0 spiro atoms. The Morgan fingerprint density at radius 3 is 2.69 bits per heavy atom. The predicted octanol–water partition coefficient (Wildman–Crippen LogP) is 1.27. The van der Waals surface area contributed by atoms with E-state index in [-0.39, 0.29) is 12.1 Å². The lowest BCUT2D eigenvalue weighted by Gasteiger charge is -2.45. The van der Waals surface area contributed by atoms with Crippen LogP contribution in [-0.2, 0) is 0 Å². The highest BCUT2D eigenvalue weighted by Gasteiger charge is 2.39. The summed E-state index contributed by atoms with van der Waals surface area (Å²) in [4.78, 5) is 0. The van der Waals surface area contributed by atoms with E-state index >= 15 is 0 Å². The van der Waals surface area contributed by atoms with Gasteiger partial charge in [0.15, 0.2) is 0 Å². The Morgan fingerprint density at radius 1 is 1.31 bits per heavy atom. The van der Waals surface area contributed by atoms with E-state index in [0.717, 1.165) is 19.5 Å². The Hall–Kier alpha value is -0.120. The summed E-state index contributed by atoms with van der Waals surface area (Å²) in [7, 11) is 0. The lowest BCUT2D eigenvalue weighted by atomic mass is 9.78. The van der Waals surface area contributed by atoms with E-state index < -0.39 is 0 Å². The smallest absolute Gasteiger partial charge is 0.0617 e. The van der Waals surface area contributed by atoms with E-state index in [1.165, 1.54) is 32.1 Å². The van der Waals surface area contributed by atoms with Crippen LogP contribution in [0.25, 0.3) is 0 Å². The Labute approximate surface area is 99.0 Å². The average Bonchev–Trinajstić information content (AvgIpc) is 2.34. The molecular weight excluding hydrogens is 200 g/mol. The molecular formula is C13H26N2O. The number of aliphatic hydroxyl groups excluding tert-OH is 1. The van der Waals surface area contributed by atoms with E-state index in [4.69, 9.17) is 0 Å². The second-order valence-corrected chi connectivity index (χ2v) is 5.65. The minimum Gasteiger partial charge on any atom is -0.394 e. The molecule has 3 heteroatoms. The monoisotopic (exact) mass is 226 g/mol. The summed E-state index contributed by atoms with van der Waals surface area (Å²) in [5, 5.41) is 16.9. The first-order chi connectivity index (χ1) is 7.77. The van der Waals surface area contributed by atoms with Crippen molar-refractivity contribution in [2.75, 3.05) is 19.7 Å². The maximum absolute atomic E-state index is 9.75. The van der Waals surface area contributed by atoms with Crippen LogP contribution in [0.2, 0.25) is 0 Å². The quantitative estimate of drug-likeness (QED) is 0.679. The van der Waals surface area contributed by atoms with Gasteiger partial charge in [0.25, 0.3) is 0 Å². The average molecular weight is 226 g/mol. The summed E-state index contributed by atoms with van der Waals surface area (Å²) in [6.45, 7) is 4.59. The molecule has 1 saturated heterocycles. The van der Waals surface area contributed by atoms with Crippen LogP contribution in [0.1, 0.15) is 45.4 Å². The standard InChI is InChI=1S/C13H26N2O/c1-11-9-14-8-7-13(11,10-16)15-12-5-3-2-4-6-12/h11-12,14-16H,2-10H2,1H3. The van der Waals surface area contributed by atoms with Crippen LogP contribution >= 0.6 is 0 Å². The van der Waals surface area contributed by atoms with Gasteiger partial charge < -0.3 is 15.7 Å². The number of aliphatic hydroxyl groups is 1. The fraction of sp³-hybridized carbons (Fsp3) is 1.00. The molecule has 1 heterocycles. The number of nitrogens with one attached hydrogen (secondary N) is 2. The Balaban J connectivity index is 1.96. The minimum atomic E-state index is -0.0206. The lowest BCUT2D eigenvalue weighted by molar-refractivity contribution is 0.0659. The van der Waals surface area contributed by atoms with Crippen LogP contribution in [0.5, 0.6) is 0 Å². The lowest BCUT2D eigenvalue weighted by Crippen LogP contribution is -2.63. The van der Waals surface area contributed by atoms with Crippen LogP contribution in [0.3, 0.4) is 0 Å². The summed E-state index contributed by atoms with van der Waals surface area (Å²) in [6.07, 6.45) is 7.74. The summed E-state index contributed by atoms with van der Waals surface area (Å²) in [5.41, 5.74) is -0.0206. The van der Waals surface area contributed by atoms with Crippen LogP contribution < -0.4 is 10.6 Å². The fourth-order valence-electron chi connectivity index (χ4n) is 3.22. The zero-order chi connectivity index (χ0) is 11.4. The Kier molecular flexibility index (Phi) is 4.22. The van der Waals surface area contributed by atoms with Gasteiger partial charge in [-0.05, 0) is 38.3 Å². The SMILES string of the molecule is CC1CNCCC1(CO)NC1CCCCC1. The molecule has 0 radical (unpaired) electrons. The van der Waals surface area contributed by atoms with E-state index in [1.807, 2.05) is 0 Å². The van der Waals surface area contributed by atoms with E-state index in [2.05, 4.69) is 17.6 Å². The van der Waals surface area contributed by atoms with Gasteiger partial charge in [-0.2, -0.15) is 0 Å². The van der Waals surface area contributed by atoms with Crippen molar-refractivity contribution in [3.8, 4) is 0 Å². The first-order valence-corrected chi connectivity index (χ1v) is 6.86. The first-order valence-electron chi connectivity index (χ1n) is 6.86. The molecule has 1 aliphatic heterocycles. The molecule has 94 valence electrons. The van der Waals surface area contributed by atoms with Crippen molar-refractivity contribution in [1.29, 1.82) is 0 Å². The molecule has 2 atom stereocenters. The Morgan fingerprint density at radius 2 is 2.06 bits per heavy atom. The van der Waals surface area contributed by atoms with Crippen molar-refractivity contribution in [1.82, 2.24) is 10.6 Å². The molecule has 0 bridgehead atoms. The third-order valence-corrected chi connectivity index (χ3v) is 4.52. The van der Waals surface area contributed by atoms with Crippen molar-refractivity contribution in [2.24, 2.45) is 5.92 Å². The van der Waals surface area contributed by atoms with Crippen LogP contribution in [0, 0.1) is 5.92 Å². The maximum atomic E-state index is 9.75. The molecule has 0 aromatic rings. The summed E-state index contributed by atoms with van der Waals surface area (Å²) >= 11 is 0. The maximum Gasteiger partial charge on any atom is 0.0617 e. The number of hydrogen-bond donors (Lipinski definition) is 3. The van der Waals surface area contributed by atoms with Gasteiger partial charge >= 0.3 is 0 Å². The normalized spacial score (nSPS) is 37.5. The fourth-order valence-corrected chi connectivity index (χ4v) is 3.22. The van der Waals surface area contributed by atoms with Crippen molar-refractivity contribution >= 4 is 0 Å². The molecule has 2 aliphatic rings.